The van der Waals surface area contributed by atoms with Crippen LogP contribution in [-0.4, -0.2) is 30.8 Å². The van der Waals surface area contributed by atoms with E-state index in [4.69, 9.17) is 9.47 Å². The number of hydrogen-bond acceptors (Lipinski definition) is 4. The lowest BCUT2D eigenvalue weighted by Crippen LogP contribution is -2.30. The SMILES string of the molecule is COC1CCCC(Oc2ccncc2CNCC(C)C)C1. The van der Waals surface area contributed by atoms with Crippen molar-refractivity contribution >= 4 is 0 Å². The Morgan fingerprint density at radius 3 is 2.90 bits per heavy atom. The number of ether oxygens (including phenoxy) is 2. The Balaban J connectivity index is 1.92. The molecule has 0 bridgehead atoms. The minimum absolute atomic E-state index is 0.259. The summed E-state index contributed by atoms with van der Waals surface area (Å²) in [6.45, 7) is 6.23. The molecule has 0 spiro atoms. The van der Waals surface area contributed by atoms with Crippen LogP contribution < -0.4 is 10.1 Å². The molecule has 0 aromatic carbocycles. The standard InChI is InChI=1S/C17H28N2O2/c1-13(2)10-19-12-14-11-18-8-7-17(14)21-16-6-4-5-15(9-16)20-3/h7-8,11,13,15-16,19H,4-6,9-10,12H2,1-3H3. The van der Waals surface area contributed by atoms with E-state index in [1.165, 1.54) is 6.42 Å². The molecule has 1 N–H and O–H groups in total. The molecular weight excluding hydrogens is 264 g/mol. The number of nitrogens with one attached hydrogen (secondary N) is 1. The summed E-state index contributed by atoms with van der Waals surface area (Å²) in [4.78, 5) is 4.22. The lowest BCUT2D eigenvalue weighted by molar-refractivity contribution is 0.0206. The van der Waals surface area contributed by atoms with E-state index in [0.717, 1.165) is 43.7 Å². The van der Waals surface area contributed by atoms with Gasteiger partial charge in [-0.25, -0.2) is 0 Å². The van der Waals surface area contributed by atoms with Crippen molar-refractivity contribution in [2.24, 2.45) is 5.92 Å². The predicted octanol–water partition coefficient (Wildman–Crippen LogP) is 3.16. The maximum Gasteiger partial charge on any atom is 0.127 e. The fourth-order valence-electron chi connectivity index (χ4n) is 2.76. The highest BCUT2D eigenvalue weighted by Crippen LogP contribution is 2.26. The molecule has 1 aliphatic carbocycles. The fraction of sp³-hybridized carbons (Fsp3) is 0.706. The highest BCUT2D eigenvalue weighted by Gasteiger charge is 2.23. The minimum atomic E-state index is 0.259. The third-order valence-electron chi connectivity index (χ3n) is 3.93. The second kappa shape index (κ2) is 8.35. The zero-order valence-electron chi connectivity index (χ0n) is 13.5. The first-order chi connectivity index (χ1) is 10.2. The van der Waals surface area contributed by atoms with E-state index in [1.54, 1.807) is 13.3 Å². The van der Waals surface area contributed by atoms with Gasteiger partial charge in [-0.15, -0.1) is 0 Å². The van der Waals surface area contributed by atoms with Crippen molar-refractivity contribution in [3.05, 3.63) is 24.0 Å². The van der Waals surface area contributed by atoms with Crippen LogP contribution in [0.25, 0.3) is 0 Å². The molecular formula is C17H28N2O2. The number of aromatic nitrogens is 1. The zero-order valence-corrected chi connectivity index (χ0v) is 13.5. The molecule has 0 radical (unpaired) electrons. The van der Waals surface area contributed by atoms with Crippen LogP contribution in [0.15, 0.2) is 18.5 Å². The Bertz CT molecular complexity index is 423. The highest BCUT2D eigenvalue weighted by atomic mass is 16.5. The van der Waals surface area contributed by atoms with Gasteiger partial charge in [0, 0.05) is 38.0 Å². The predicted molar refractivity (Wildman–Crippen MR) is 84.5 cm³/mol. The maximum absolute atomic E-state index is 6.22. The molecule has 0 aliphatic heterocycles. The minimum Gasteiger partial charge on any atom is -0.490 e. The molecule has 21 heavy (non-hydrogen) atoms. The van der Waals surface area contributed by atoms with Gasteiger partial charge in [-0.3, -0.25) is 4.98 Å². The molecule has 118 valence electrons. The van der Waals surface area contributed by atoms with Crippen molar-refractivity contribution < 1.29 is 9.47 Å². The first-order valence-electron chi connectivity index (χ1n) is 8.02. The Kier molecular flexibility index (Phi) is 6.46. The van der Waals surface area contributed by atoms with E-state index in [0.29, 0.717) is 12.0 Å². The van der Waals surface area contributed by atoms with Gasteiger partial charge in [0.1, 0.15) is 11.9 Å². The number of methoxy groups -OCH3 is 1. The van der Waals surface area contributed by atoms with Crippen LogP contribution >= 0.6 is 0 Å². The van der Waals surface area contributed by atoms with Gasteiger partial charge in [0.2, 0.25) is 0 Å². The van der Waals surface area contributed by atoms with Gasteiger partial charge < -0.3 is 14.8 Å². The van der Waals surface area contributed by atoms with Crippen molar-refractivity contribution in [1.82, 2.24) is 10.3 Å². The van der Waals surface area contributed by atoms with Crippen molar-refractivity contribution in [2.75, 3.05) is 13.7 Å². The Labute approximate surface area is 128 Å². The second-order valence-corrected chi connectivity index (χ2v) is 6.27. The van der Waals surface area contributed by atoms with E-state index in [9.17, 15) is 0 Å². The van der Waals surface area contributed by atoms with Gasteiger partial charge in [0.15, 0.2) is 0 Å². The van der Waals surface area contributed by atoms with Crippen molar-refractivity contribution in [3.63, 3.8) is 0 Å². The summed E-state index contributed by atoms with van der Waals surface area (Å²) in [6.07, 6.45) is 8.73. The van der Waals surface area contributed by atoms with Crippen molar-refractivity contribution in [3.8, 4) is 5.75 Å². The van der Waals surface area contributed by atoms with E-state index in [2.05, 4.69) is 24.1 Å². The number of rotatable bonds is 7. The van der Waals surface area contributed by atoms with E-state index >= 15 is 0 Å². The van der Waals surface area contributed by atoms with Crippen molar-refractivity contribution in [2.45, 2.75) is 58.3 Å². The van der Waals surface area contributed by atoms with Gasteiger partial charge >= 0.3 is 0 Å². The molecule has 2 atom stereocenters. The van der Waals surface area contributed by atoms with Gasteiger partial charge in [0.25, 0.3) is 0 Å². The summed E-state index contributed by atoms with van der Waals surface area (Å²) in [5.41, 5.74) is 1.14. The van der Waals surface area contributed by atoms with E-state index in [1.807, 2.05) is 12.3 Å². The quantitative estimate of drug-likeness (QED) is 0.838. The Morgan fingerprint density at radius 1 is 1.33 bits per heavy atom. The van der Waals surface area contributed by atoms with Gasteiger partial charge in [-0.2, -0.15) is 0 Å². The van der Waals surface area contributed by atoms with Gasteiger partial charge in [-0.1, -0.05) is 13.8 Å². The van der Waals surface area contributed by atoms with Gasteiger partial charge in [0.05, 0.1) is 6.10 Å². The average Bonchev–Trinajstić information content (AvgIpc) is 2.49. The van der Waals surface area contributed by atoms with Crippen LogP contribution in [-0.2, 0) is 11.3 Å². The molecule has 4 nitrogen and oxygen atoms in total. The lowest BCUT2D eigenvalue weighted by Gasteiger charge is -2.29. The first-order valence-corrected chi connectivity index (χ1v) is 8.02. The van der Waals surface area contributed by atoms with E-state index in [-0.39, 0.29) is 6.10 Å². The number of hydrogen-bond donors (Lipinski definition) is 1. The molecule has 4 heteroatoms. The van der Waals surface area contributed by atoms with Crippen LogP contribution in [0.5, 0.6) is 5.75 Å². The molecule has 1 aliphatic rings. The zero-order chi connectivity index (χ0) is 15.1. The molecule has 0 amide bonds. The number of pyridine rings is 1. The van der Waals surface area contributed by atoms with Crippen LogP contribution in [0.4, 0.5) is 0 Å². The summed E-state index contributed by atoms with van der Waals surface area (Å²) in [7, 11) is 1.79. The second-order valence-electron chi connectivity index (χ2n) is 6.27. The largest absolute Gasteiger partial charge is 0.490 e. The molecule has 0 saturated heterocycles. The molecule has 1 fully saturated rings. The summed E-state index contributed by atoms with van der Waals surface area (Å²) in [5, 5.41) is 3.45. The maximum atomic E-state index is 6.22. The first kappa shape index (κ1) is 16.2. The third kappa shape index (κ3) is 5.29. The Hall–Kier alpha value is -1.13. The summed E-state index contributed by atoms with van der Waals surface area (Å²) < 4.78 is 11.7. The van der Waals surface area contributed by atoms with Crippen LogP contribution in [0.2, 0.25) is 0 Å². The van der Waals surface area contributed by atoms with Crippen molar-refractivity contribution in [1.29, 1.82) is 0 Å². The molecule has 1 aromatic rings. The lowest BCUT2D eigenvalue weighted by atomic mass is 9.95. The molecule has 2 unspecified atom stereocenters. The van der Waals surface area contributed by atoms with Crippen LogP contribution in [0.1, 0.15) is 45.1 Å². The average molecular weight is 292 g/mol. The molecule has 1 aromatic heterocycles. The van der Waals surface area contributed by atoms with Crippen LogP contribution in [0, 0.1) is 5.92 Å². The molecule has 1 heterocycles. The molecule has 2 rings (SSSR count). The summed E-state index contributed by atoms with van der Waals surface area (Å²) in [6, 6.07) is 1.98. The smallest absolute Gasteiger partial charge is 0.127 e. The topological polar surface area (TPSA) is 43.4 Å². The molecule has 1 saturated carbocycles. The Morgan fingerprint density at radius 2 is 2.14 bits per heavy atom. The fourth-order valence-corrected chi connectivity index (χ4v) is 2.76. The third-order valence-corrected chi connectivity index (χ3v) is 3.93. The van der Waals surface area contributed by atoms with Crippen LogP contribution in [0.3, 0.4) is 0 Å². The van der Waals surface area contributed by atoms with Gasteiger partial charge in [-0.05, 0) is 37.8 Å². The highest BCUT2D eigenvalue weighted by molar-refractivity contribution is 5.30. The number of nitrogens with zero attached hydrogens (tertiary/aromatic N) is 1. The normalized spacial score (nSPS) is 22.5. The van der Waals surface area contributed by atoms with E-state index < -0.39 is 0 Å². The monoisotopic (exact) mass is 292 g/mol. The summed E-state index contributed by atoms with van der Waals surface area (Å²) >= 11 is 0. The summed E-state index contributed by atoms with van der Waals surface area (Å²) in [5.74, 6) is 1.61.